The predicted molar refractivity (Wildman–Crippen MR) is 79.3 cm³/mol. The normalized spacial score (nSPS) is 13.4. The van der Waals surface area contributed by atoms with Crippen molar-refractivity contribution in [3.05, 3.63) is 71.0 Å². The molecular weight excluding hydrogens is 307 g/mol. The first kappa shape index (κ1) is 17.0. The Kier molecular flexibility index (Phi) is 5.39. The molecule has 2 unspecified atom stereocenters. The highest BCUT2D eigenvalue weighted by atomic mass is 19.1. The summed E-state index contributed by atoms with van der Waals surface area (Å²) in [6.07, 6.45) is -0.718. The van der Waals surface area contributed by atoms with Crippen LogP contribution < -0.4 is 5.32 Å². The number of carbonyl (C=O) groups excluding carboxylic acids is 1. The molecule has 6 heteroatoms. The van der Waals surface area contributed by atoms with Gasteiger partial charge in [0.15, 0.2) is 0 Å². The van der Waals surface area contributed by atoms with Gasteiger partial charge in [-0.25, -0.2) is 13.2 Å². The third kappa shape index (κ3) is 4.82. The minimum atomic E-state index is -0.893. The lowest BCUT2D eigenvalue weighted by Gasteiger charge is -2.18. The second kappa shape index (κ2) is 7.28. The van der Waals surface area contributed by atoms with Gasteiger partial charge in [-0.3, -0.25) is 4.79 Å². The Morgan fingerprint density at radius 3 is 2.17 bits per heavy atom. The summed E-state index contributed by atoms with van der Waals surface area (Å²) in [7, 11) is 0. The first-order valence-corrected chi connectivity index (χ1v) is 7.05. The SMILES string of the molecule is CC(CC(O)c1ccc(F)cc1)NC(=O)c1cc(F)cc(F)c1. The van der Waals surface area contributed by atoms with Crippen LogP contribution in [-0.2, 0) is 0 Å². The number of amides is 1. The number of aliphatic hydroxyl groups excluding tert-OH is 1. The molecule has 0 radical (unpaired) electrons. The third-order valence-corrected chi connectivity index (χ3v) is 3.33. The van der Waals surface area contributed by atoms with E-state index in [4.69, 9.17) is 0 Å². The van der Waals surface area contributed by atoms with Gasteiger partial charge in [0.05, 0.1) is 6.10 Å². The lowest BCUT2D eigenvalue weighted by Crippen LogP contribution is -2.33. The van der Waals surface area contributed by atoms with E-state index in [9.17, 15) is 23.1 Å². The average molecular weight is 323 g/mol. The summed E-state index contributed by atoms with van der Waals surface area (Å²) in [4.78, 5) is 11.9. The molecule has 2 N–H and O–H groups in total. The average Bonchev–Trinajstić information content (AvgIpc) is 2.46. The van der Waals surface area contributed by atoms with Crippen LogP contribution in [-0.4, -0.2) is 17.1 Å². The lowest BCUT2D eigenvalue weighted by atomic mass is 10.0. The number of nitrogens with one attached hydrogen (secondary N) is 1. The fraction of sp³-hybridized carbons (Fsp3) is 0.235. The second-order valence-electron chi connectivity index (χ2n) is 5.34. The van der Waals surface area contributed by atoms with Gasteiger partial charge in [-0.2, -0.15) is 0 Å². The molecule has 0 aliphatic rings. The van der Waals surface area contributed by atoms with Gasteiger partial charge in [0.2, 0.25) is 0 Å². The molecule has 0 saturated heterocycles. The molecule has 23 heavy (non-hydrogen) atoms. The summed E-state index contributed by atoms with van der Waals surface area (Å²) in [5.74, 6) is -2.72. The van der Waals surface area contributed by atoms with Crippen molar-refractivity contribution in [2.75, 3.05) is 0 Å². The van der Waals surface area contributed by atoms with E-state index in [1.807, 2.05) is 0 Å². The highest BCUT2D eigenvalue weighted by Gasteiger charge is 2.16. The number of hydrogen-bond donors (Lipinski definition) is 2. The van der Waals surface area contributed by atoms with E-state index >= 15 is 0 Å². The molecule has 2 aromatic carbocycles. The summed E-state index contributed by atoms with van der Waals surface area (Å²) in [6, 6.07) is 7.47. The maximum atomic E-state index is 13.1. The Hall–Kier alpha value is -2.34. The van der Waals surface area contributed by atoms with Crippen LogP contribution in [0.25, 0.3) is 0 Å². The van der Waals surface area contributed by atoms with Crippen LogP contribution in [0, 0.1) is 17.5 Å². The summed E-state index contributed by atoms with van der Waals surface area (Å²) < 4.78 is 39.0. The standard InChI is InChI=1S/C17H16F3NO2/c1-10(6-16(22)11-2-4-13(18)5-3-11)21-17(23)12-7-14(19)9-15(20)8-12/h2-5,7-10,16,22H,6H2,1H3,(H,21,23). The third-order valence-electron chi connectivity index (χ3n) is 3.33. The molecule has 2 atom stereocenters. The molecule has 3 nitrogen and oxygen atoms in total. The number of carbonyl (C=O) groups is 1. The van der Waals surface area contributed by atoms with E-state index < -0.39 is 35.5 Å². The van der Waals surface area contributed by atoms with Crippen molar-refractivity contribution in [1.29, 1.82) is 0 Å². The molecule has 2 rings (SSSR count). The van der Waals surface area contributed by atoms with Crippen LogP contribution >= 0.6 is 0 Å². The van der Waals surface area contributed by atoms with Crippen molar-refractivity contribution in [3.63, 3.8) is 0 Å². The Labute approximate surface area is 131 Å². The van der Waals surface area contributed by atoms with E-state index in [2.05, 4.69) is 5.32 Å². The first-order chi connectivity index (χ1) is 10.8. The van der Waals surface area contributed by atoms with Crippen molar-refractivity contribution in [2.24, 2.45) is 0 Å². The van der Waals surface area contributed by atoms with Gasteiger partial charge in [0.25, 0.3) is 5.91 Å². The molecule has 0 bridgehead atoms. The van der Waals surface area contributed by atoms with Crippen LogP contribution in [0.5, 0.6) is 0 Å². The Bertz CT molecular complexity index is 668. The van der Waals surface area contributed by atoms with E-state index in [0.717, 1.165) is 12.1 Å². The summed E-state index contributed by atoms with van der Waals surface area (Å²) in [5.41, 5.74) is 0.384. The molecule has 0 saturated carbocycles. The number of hydrogen-bond acceptors (Lipinski definition) is 2. The van der Waals surface area contributed by atoms with Gasteiger partial charge in [0, 0.05) is 17.7 Å². The lowest BCUT2D eigenvalue weighted by molar-refractivity contribution is 0.0916. The Balaban J connectivity index is 1.97. The van der Waals surface area contributed by atoms with Crippen molar-refractivity contribution in [1.82, 2.24) is 5.32 Å². The molecule has 1 amide bonds. The van der Waals surface area contributed by atoms with Crippen molar-refractivity contribution in [3.8, 4) is 0 Å². The highest BCUT2D eigenvalue weighted by Crippen LogP contribution is 2.19. The van der Waals surface area contributed by atoms with Crippen molar-refractivity contribution < 1.29 is 23.1 Å². The topological polar surface area (TPSA) is 49.3 Å². The Morgan fingerprint density at radius 2 is 1.61 bits per heavy atom. The first-order valence-electron chi connectivity index (χ1n) is 7.05. The monoisotopic (exact) mass is 323 g/mol. The molecule has 122 valence electrons. The van der Waals surface area contributed by atoms with Gasteiger partial charge < -0.3 is 10.4 Å². The van der Waals surface area contributed by atoms with Crippen molar-refractivity contribution >= 4 is 5.91 Å². The zero-order valence-corrected chi connectivity index (χ0v) is 12.4. The molecule has 0 aliphatic carbocycles. The van der Waals surface area contributed by atoms with Gasteiger partial charge in [-0.1, -0.05) is 12.1 Å². The fourth-order valence-corrected chi connectivity index (χ4v) is 2.21. The molecule has 0 heterocycles. The van der Waals surface area contributed by atoms with E-state index in [1.165, 1.54) is 24.3 Å². The minimum absolute atomic E-state index is 0.134. The van der Waals surface area contributed by atoms with E-state index in [-0.39, 0.29) is 12.0 Å². The molecule has 2 aromatic rings. The number of rotatable bonds is 5. The maximum Gasteiger partial charge on any atom is 0.251 e. The summed E-state index contributed by atoms with van der Waals surface area (Å²) >= 11 is 0. The van der Waals surface area contributed by atoms with Gasteiger partial charge in [-0.15, -0.1) is 0 Å². The van der Waals surface area contributed by atoms with Gasteiger partial charge >= 0.3 is 0 Å². The largest absolute Gasteiger partial charge is 0.388 e. The number of benzene rings is 2. The number of aliphatic hydroxyl groups is 1. The molecule has 0 spiro atoms. The second-order valence-corrected chi connectivity index (χ2v) is 5.34. The maximum absolute atomic E-state index is 13.1. The highest BCUT2D eigenvalue weighted by molar-refractivity contribution is 5.94. The summed E-state index contributed by atoms with van der Waals surface area (Å²) in [6.45, 7) is 1.65. The molecule has 0 fully saturated rings. The number of halogens is 3. The Morgan fingerprint density at radius 1 is 1.04 bits per heavy atom. The quantitative estimate of drug-likeness (QED) is 0.886. The van der Waals surface area contributed by atoms with Crippen LogP contribution in [0.15, 0.2) is 42.5 Å². The van der Waals surface area contributed by atoms with Crippen LogP contribution in [0.1, 0.15) is 35.4 Å². The fourth-order valence-electron chi connectivity index (χ4n) is 2.21. The zero-order valence-electron chi connectivity index (χ0n) is 12.4. The van der Waals surface area contributed by atoms with Crippen LogP contribution in [0.4, 0.5) is 13.2 Å². The smallest absolute Gasteiger partial charge is 0.251 e. The van der Waals surface area contributed by atoms with Crippen LogP contribution in [0.2, 0.25) is 0 Å². The predicted octanol–water partition coefficient (Wildman–Crippen LogP) is 3.35. The molecular formula is C17H16F3NO2. The zero-order chi connectivity index (χ0) is 17.0. The van der Waals surface area contributed by atoms with Crippen LogP contribution in [0.3, 0.4) is 0 Å². The molecule has 0 aromatic heterocycles. The summed E-state index contributed by atoms with van der Waals surface area (Å²) in [5, 5.41) is 12.6. The van der Waals surface area contributed by atoms with Gasteiger partial charge in [-0.05, 0) is 43.2 Å². The van der Waals surface area contributed by atoms with Gasteiger partial charge in [0.1, 0.15) is 17.5 Å². The minimum Gasteiger partial charge on any atom is -0.388 e. The van der Waals surface area contributed by atoms with Crippen molar-refractivity contribution in [2.45, 2.75) is 25.5 Å². The van der Waals surface area contributed by atoms with E-state index in [1.54, 1.807) is 6.92 Å². The van der Waals surface area contributed by atoms with E-state index in [0.29, 0.717) is 11.6 Å². The molecule has 0 aliphatic heterocycles.